The van der Waals surface area contributed by atoms with Gasteiger partial charge in [0.15, 0.2) is 0 Å². The van der Waals surface area contributed by atoms with Gasteiger partial charge in [0.1, 0.15) is 5.82 Å². The number of amides is 1. The lowest BCUT2D eigenvalue weighted by Crippen LogP contribution is -2.34. The van der Waals surface area contributed by atoms with Crippen molar-refractivity contribution in [2.75, 3.05) is 13.2 Å². The first-order valence-corrected chi connectivity index (χ1v) is 8.60. The number of carbonyl (C=O) groups excluding carboxylic acids is 1. The summed E-state index contributed by atoms with van der Waals surface area (Å²) in [4.78, 5) is 18.9. The Morgan fingerprint density at radius 2 is 2.21 bits per heavy atom. The number of nitrogens with one attached hydrogen (secondary N) is 1. The van der Waals surface area contributed by atoms with Gasteiger partial charge >= 0.3 is 0 Å². The van der Waals surface area contributed by atoms with Crippen molar-refractivity contribution in [2.24, 2.45) is 7.05 Å². The maximum absolute atomic E-state index is 13.0. The van der Waals surface area contributed by atoms with Gasteiger partial charge in [-0.1, -0.05) is 19.3 Å². The van der Waals surface area contributed by atoms with E-state index in [1.165, 1.54) is 19.3 Å². The fourth-order valence-corrected chi connectivity index (χ4v) is 3.43. The van der Waals surface area contributed by atoms with E-state index in [1.807, 2.05) is 17.8 Å². The van der Waals surface area contributed by atoms with Crippen molar-refractivity contribution < 1.29 is 9.90 Å². The molecule has 7 heteroatoms. The van der Waals surface area contributed by atoms with Gasteiger partial charge in [0.2, 0.25) is 0 Å². The number of imidazole rings is 1. The fourth-order valence-electron chi connectivity index (χ4n) is 3.43. The number of aliphatic hydroxyl groups excluding tert-OH is 1. The molecular formula is C17H25N5O2. The molecule has 1 saturated carbocycles. The lowest BCUT2D eigenvalue weighted by atomic mass is 9.85. The van der Waals surface area contributed by atoms with Crippen molar-refractivity contribution in [2.45, 2.75) is 44.6 Å². The second-order valence-electron chi connectivity index (χ2n) is 6.44. The van der Waals surface area contributed by atoms with Crippen molar-refractivity contribution >= 4 is 5.91 Å². The quantitative estimate of drug-likeness (QED) is 0.845. The van der Waals surface area contributed by atoms with Crippen molar-refractivity contribution in [3.63, 3.8) is 0 Å². The van der Waals surface area contributed by atoms with Gasteiger partial charge in [0.05, 0.1) is 30.6 Å². The minimum atomic E-state index is -0.0960. The topological polar surface area (TPSA) is 87.0 Å². The molecule has 0 atom stereocenters. The number of hydrogen-bond acceptors (Lipinski definition) is 4. The first-order chi connectivity index (χ1) is 11.7. The second kappa shape index (κ2) is 7.61. The van der Waals surface area contributed by atoms with Crippen LogP contribution >= 0.6 is 0 Å². The summed E-state index contributed by atoms with van der Waals surface area (Å²) in [7, 11) is 1.90. The Balaban J connectivity index is 1.80. The molecule has 1 amide bonds. The lowest BCUT2D eigenvalue weighted by Gasteiger charge is -2.24. The SMILES string of the molecule is Cn1ccnc1CN(CCO)C(=O)c1cn[nH]c1C1CCCCC1. The highest BCUT2D eigenvalue weighted by Gasteiger charge is 2.26. The number of nitrogens with zero attached hydrogens (tertiary/aromatic N) is 4. The second-order valence-corrected chi connectivity index (χ2v) is 6.44. The van der Waals surface area contributed by atoms with E-state index in [4.69, 9.17) is 0 Å². The third-order valence-electron chi connectivity index (χ3n) is 4.82. The molecule has 0 radical (unpaired) electrons. The van der Waals surface area contributed by atoms with Crippen LogP contribution in [-0.2, 0) is 13.6 Å². The summed E-state index contributed by atoms with van der Waals surface area (Å²) in [6.45, 7) is 0.575. The van der Waals surface area contributed by atoms with Gasteiger partial charge in [-0.2, -0.15) is 5.10 Å². The fraction of sp³-hybridized carbons (Fsp3) is 0.588. The van der Waals surface area contributed by atoms with Gasteiger partial charge in [-0.05, 0) is 12.8 Å². The minimum absolute atomic E-state index is 0.0766. The zero-order valence-electron chi connectivity index (χ0n) is 14.1. The number of aryl methyl sites for hydroxylation is 1. The molecule has 0 aliphatic heterocycles. The highest BCUT2D eigenvalue weighted by atomic mass is 16.3. The maximum Gasteiger partial charge on any atom is 0.257 e. The van der Waals surface area contributed by atoms with Crippen LogP contribution in [-0.4, -0.2) is 48.8 Å². The van der Waals surface area contributed by atoms with E-state index in [-0.39, 0.29) is 19.1 Å². The molecule has 0 saturated heterocycles. The number of rotatable bonds is 6. The first kappa shape index (κ1) is 16.7. The summed E-state index contributed by atoms with van der Waals surface area (Å²) < 4.78 is 1.88. The summed E-state index contributed by atoms with van der Waals surface area (Å²) in [5.74, 6) is 1.07. The number of aliphatic hydroxyl groups is 1. The van der Waals surface area contributed by atoms with Crippen LogP contribution < -0.4 is 0 Å². The van der Waals surface area contributed by atoms with Crippen LogP contribution in [0.3, 0.4) is 0 Å². The predicted octanol–water partition coefficient (Wildman–Crippen LogP) is 1.83. The molecular weight excluding hydrogens is 306 g/mol. The minimum Gasteiger partial charge on any atom is -0.395 e. The van der Waals surface area contributed by atoms with Crippen LogP contribution in [0, 0.1) is 0 Å². The van der Waals surface area contributed by atoms with Crippen molar-refractivity contribution in [3.05, 3.63) is 35.7 Å². The van der Waals surface area contributed by atoms with Gasteiger partial charge < -0.3 is 14.6 Å². The molecule has 1 aliphatic carbocycles. The van der Waals surface area contributed by atoms with E-state index in [9.17, 15) is 9.90 Å². The van der Waals surface area contributed by atoms with Crippen LogP contribution in [0.2, 0.25) is 0 Å². The summed E-state index contributed by atoms with van der Waals surface area (Å²) >= 11 is 0. The summed E-state index contributed by atoms with van der Waals surface area (Å²) in [6.07, 6.45) is 11.0. The highest BCUT2D eigenvalue weighted by molar-refractivity contribution is 5.95. The maximum atomic E-state index is 13.0. The molecule has 2 aromatic rings. The van der Waals surface area contributed by atoms with E-state index < -0.39 is 0 Å². The number of hydrogen-bond donors (Lipinski definition) is 2. The average Bonchev–Trinajstić information content (AvgIpc) is 3.24. The Bertz CT molecular complexity index is 672. The molecule has 24 heavy (non-hydrogen) atoms. The van der Waals surface area contributed by atoms with Crippen LogP contribution in [0.4, 0.5) is 0 Å². The Hall–Kier alpha value is -2.15. The Labute approximate surface area is 141 Å². The summed E-state index contributed by atoms with van der Waals surface area (Å²) in [5, 5.41) is 16.5. The molecule has 0 spiro atoms. The van der Waals surface area contributed by atoms with Crippen LogP contribution in [0.15, 0.2) is 18.6 Å². The van der Waals surface area contributed by atoms with Crippen LogP contribution in [0.1, 0.15) is 59.9 Å². The van der Waals surface area contributed by atoms with Crippen LogP contribution in [0.25, 0.3) is 0 Å². The van der Waals surface area contributed by atoms with Crippen molar-refractivity contribution in [1.82, 2.24) is 24.6 Å². The molecule has 130 valence electrons. The molecule has 7 nitrogen and oxygen atoms in total. The van der Waals surface area contributed by atoms with E-state index in [1.54, 1.807) is 17.3 Å². The van der Waals surface area contributed by atoms with Gasteiger partial charge in [0.25, 0.3) is 5.91 Å². The molecule has 1 fully saturated rings. The molecule has 0 unspecified atom stereocenters. The average molecular weight is 331 g/mol. The molecule has 2 aromatic heterocycles. The summed E-state index contributed by atoms with van der Waals surface area (Å²) in [6, 6.07) is 0. The molecule has 0 bridgehead atoms. The van der Waals surface area contributed by atoms with Gasteiger partial charge in [0, 0.05) is 31.9 Å². The summed E-state index contributed by atoms with van der Waals surface area (Å²) in [5.41, 5.74) is 1.58. The third kappa shape index (κ3) is 3.51. The van der Waals surface area contributed by atoms with E-state index >= 15 is 0 Å². The monoisotopic (exact) mass is 331 g/mol. The normalized spacial score (nSPS) is 15.6. The highest BCUT2D eigenvalue weighted by Crippen LogP contribution is 2.33. The Kier molecular flexibility index (Phi) is 5.30. The number of aromatic amines is 1. The first-order valence-electron chi connectivity index (χ1n) is 8.60. The Morgan fingerprint density at radius 1 is 1.42 bits per heavy atom. The number of carbonyl (C=O) groups is 1. The molecule has 2 N–H and O–H groups in total. The van der Waals surface area contributed by atoms with E-state index in [0.717, 1.165) is 24.4 Å². The third-order valence-corrected chi connectivity index (χ3v) is 4.82. The largest absolute Gasteiger partial charge is 0.395 e. The molecule has 1 aliphatic rings. The van der Waals surface area contributed by atoms with Crippen molar-refractivity contribution in [1.29, 1.82) is 0 Å². The van der Waals surface area contributed by atoms with Gasteiger partial charge in [-0.25, -0.2) is 4.98 Å². The predicted molar refractivity (Wildman–Crippen MR) is 89.4 cm³/mol. The van der Waals surface area contributed by atoms with E-state index in [0.29, 0.717) is 18.0 Å². The van der Waals surface area contributed by atoms with Crippen molar-refractivity contribution in [3.8, 4) is 0 Å². The van der Waals surface area contributed by atoms with Crippen LogP contribution in [0.5, 0.6) is 0 Å². The van der Waals surface area contributed by atoms with Gasteiger partial charge in [-0.15, -0.1) is 0 Å². The smallest absolute Gasteiger partial charge is 0.257 e. The Morgan fingerprint density at radius 3 is 2.88 bits per heavy atom. The number of H-pyrrole nitrogens is 1. The lowest BCUT2D eigenvalue weighted by molar-refractivity contribution is 0.0699. The van der Waals surface area contributed by atoms with E-state index in [2.05, 4.69) is 15.2 Å². The number of aromatic nitrogens is 4. The molecule has 2 heterocycles. The zero-order valence-corrected chi connectivity index (χ0v) is 14.1. The standard InChI is InChI=1S/C17H25N5O2/c1-21-8-7-18-15(21)12-22(9-10-23)17(24)14-11-19-20-16(14)13-5-3-2-4-6-13/h7-8,11,13,23H,2-6,9-10,12H2,1H3,(H,19,20). The molecule has 0 aromatic carbocycles. The zero-order chi connectivity index (χ0) is 16.9. The molecule has 3 rings (SSSR count). The van der Waals surface area contributed by atoms with Gasteiger partial charge in [-0.3, -0.25) is 9.89 Å².